The fourth-order valence-electron chi connectivity index (χ4n) is 1.71. The summed E-state index contributed by atoms with van der Waals surface area (Å²) in [5.74, 6) is 0. The molecule has 0 spiro atoms. The van der Waals surface area contributed by atoms with Crippen molar-refractivity contribution >= 4 is 5.69 Å². The van der Waals surface area contributed by atoms with Crippen molar-refractivity contribution in [3.8, 4) is 5.69 Å². The zero-order valence-corrected chi connectivity index (χ0v) is 9.97. The Bertz CT molecular complexity index is 587. The lowest BCUT2D eigenvalue weighted by molar-refractivity contribution is -0.384. The van der Waals surface area contributed by atoms with Gasteiger partial charge >= 0.3 is 0 Å². The number of aromatic nitrogens is 2. The first kappa shape index (κ1) is 11.3. The molecule has 1 aromatic heterocycles. The summed E-state index contributed by atoms with van der Waals surface area (Å²) in [4.78, 5) is 10.3. The highest BCUT2D eigenvalue weighted by Gasteiger charge is 2.11. The number of non-ortho nitro benzene ring substituents is 1. The third-order valence-corrected chi connectivity index (χ3v) is 2.94. The molecule has 0 aliphatic carbocycles. The molecule has 0 saturated carbocycles. The van der Waals surface area contributed by atoms with Crippen LogP contribution < -0.4 is 0 Å². The number of aryl methyl sites for hydroxylation is 1. The molecule has 0 aliphatic rings. The smallest absolute Gasteiger partial charge is 0.258 e. The quantitative estimate of drug-likeness (QED) is 0.589. The summed E-state index contributed by atoms with van der Waals surface area (Å²) >= 11 is 0. The van der Waals surface area contributed by atoms with Gasteiger partial charge in [-0.1, -0.05) is 6.07 Å². The van der Waals surface area contributed by atoms with Crippen molar-refractivity contribution in [1.82, 2.24) is 9.78 Å². The van der Waals surface area contributed by atoms with Gasteiger partial charge in [-0.2, -0.15) is 5.10 Å². The van der Waals surface area contributed by atoms with Crippen LogP contribution in [0.4, 0.5) is 5.69 Å². The molecule has 0 N–H and O–H groups in total. The minimum absolute atomic E-state index is 0.0766. The highest BCUT2D eigenvalue weighted by molar-refractivity contribution is 5.44. The van der Waals surface area contributed by atoms with Crippen molar-refractivity contribution in [2.75, 3.05) is 0 Å². The third kappa shape index (κ3) is 1.91. The molecule has 5 nitrogen and oxygen atoms in total. The molecule has 5 heteroatoms. The van der Waals surface area contributed by atoms with Gasteiger partial charge in [-0.25, -0.2) is 4.68 Å². The average Bonchev–Trinajstić information content (AvgIpc) is 2.57. The SMILES string of the molecule is Cc1nn(-c2cccc([N+](=O)[O-])c2)c(C)c1C. The van der Waals surface area contributed by atoms with E-state index in [0.717, 1.165) is 17.0 Å². The maximum atomic E-state index is 10.7. The molecule has 17 heavy (non-hydrogen) atoms. The summed E-state index contributed by atoms with van der Waals surface area (Å²) in [6, 6.07) is 6.48. The number of nitro groups is 1. The third-order valence-electron chi connectivity index (χ3n) is 2.94. The van der Waals surface area contributed by atoms with Crippen LogP contribution in [0.5, 0.6) is 0 Å². The van der Waals surface area contributed by atoms with Gasteiger partial charge in [0.25, 0.3) is 5.69 Å². The van der Waals surface area contributed by atoms with E-state index in [1.807, 2.05) is 26.8 Å². The van der Waals surface area contributed by atoms with E-state index >= 15 is 0 Å². The highest BCUT2D eigenvalue weighted by Crippen LogP contribution is 2.20. The molecule has 0 aliphatic heterocycles. The van der Waals surface area contributed by atoms with Crippen LogP contribution in [0.25, 0.3) is 5.69 Å². The molecule has 2 rings (SSSR count). The Balaban J connectivity index is 2.56. The number of nitro benzene ring substituents is 1. The second-order valence-corrected chi connectivity index (χ2v) is 3.98. The lowest BCUT2D eigenvalue weighted by Gasteiger charge is -2.04. The summed E-state index contributed by atoms with van der Waals surface area (Å²) in [5, 5.41) is 15.1. The van der Waals surface area contributed by atoms with E-state index in [1.165, 1.54) is 12.1 Å². The molecule has 0 radical (unpaired) electrons. The Morgan fingerprint density at radius 1 is 1.29 bits per heavy atom. The van der Waals surface area contributed by atoms with Crippen molar-refractivity contribution in [2.24, 2.45) is 0 Å². The zero-order chi connectivity index (χ0) is 12.6. The summed E-state index contributed by atoms with van der Waals surface area (Å²) in [6.45, 7) is 5.87. The summed E-state index contributed by atoms with van der Waals surface area (Å²) in [5.41, 5.74) is 3.84. The topological polar surface area (TPSA) is 61.0 Å². The zero-order valence-electron chi connectivity index (χ0n) is 9.97. The van der Waals surface area contributed by atoms with Crippen LogP contribution in [0.15, 0.2) is 24.3 Å². The van der Waals surface area contributed by atoms with Crippen LogP contribution >= 0.6 is 0 Å². The van der Waals surface area contributed by atoms with E-state index in [-0.39, 0.29) is 5.69 Å². The second-order valence-electron chi connectivity index (χ2n) is 3.98. The molecule has 1 aromatic carbocycles. The van der Waals surface area contributed by atoms with Crippen molar-refractivity contribution in [3.05, 3.63) is 51.3 Å². The van der Waals surface area contributed by atoms with Crippen molar-refractivity contribution in [2.45, 2.75) is 20.8 Å². The first-order valence-electron chi connectivity index (χ1n) is 5.28. The summed E-state index contributed by atoms with van der Waals surface area (Å²) in [6.07, 6.45) is 0. The van der Waals surface area contributed by atoms with E-state index < -0.39 is 4.92 Å². The first-order chi connectivity index (χ1) is 8.00. The number of hydrogen-bond donors (Lipinski definition) is 0. The van der Waals surface area contributed by atoms with Gasteiger partial charge in [-0.3, -0.25) is 10.1 Å². The largest absolute Gasteiger partial charge is 0.271 e. The van der Waals surface area contributed by atoms with E-state index in [4.69, 9.17) is 0 Å². The fourth-order valence-corrected chi connectivity index (χ4v) is 1.71. The van der Waals surface area contributed by atoms with Crippen molar-refractivity contribution in [3.63, 3.8) is 0 Å². The average molecular weight is 231 g/mol. The molecule has 0 atom stereocenters. The molecular weight excluding hydrogens is 218 g/mol. The Morgan fingerprint density at radius 3 is 2.53 bits per heavy atom. The van der Waals surface area contributed by atoms with Crippen LogP contribution in [-0.4, -0.2) is 14.7 Å². The minimum Gasteiger partial charge on any atom is -0.258 e. The Hall–Kier alpha value is -2.17. The van der Waals surface area contributed by atoms with E-state index in [0.29, 0.717) is 5.69 Å². The van der Waals surface area contributed by atoms with Gasteiger partial charge in [0.05, 0.1) is 16.3 Å². The van der Waals surface area contributed by atoms with Crippen LogP contribution in [0.1, 0.15) is 17.0 Å². The monoisotopic (exact) mass is 231 g/mol. The lowest BCUT2D eigenvalue weighted by atomic mass is 10.2. The van der Waals surface area contributed by atoms with E-state index in [2.05, 4.69) is 5.10 Å². The Labute approximate surface area is 98.8 Å². The van der Waals surface area contributed by atoms with Gasteiger partial charge in [0.15, 0.2) is 0 Å². The van der Waals surface area contributed by atoms with Crippen LogP contribution in [0.2, 0.25) is 0 Å². The molecule has 0 saturated heterocycles. The predicted octanol–water partition coefficient (Wildman–Crippen LogP) is 2.71. The molecule has 88 valence electrons. The predicted molar refractivity (Wildman–Crippen MR) is 64.4 cm³/mol. The standard InChI is InChI=1S/C12H13N3O2/c1-8-9(2)13-14(10(8)3)11-5-4-6-12(7-11)15(16)17/h4-7H,1-3H3. The van der Waals surface area contributed by atoms with Crippen molar-refractivity contribution < 1.29 is 4.92 Å². The van der Waals surface area contributed by atoms with Gasteiger partial charge in [-0.15, -0.1) is 0 Å². The lowest BCUT2D eigenvalue weighted by Crippen LogP contribution is -2.00. The van der Waals surface area contributed by atoms with E-state index in [1.54, 1.807) is 10.7 Å². The van der Waals surface area contributed by atoms with Crippen molar-refractivity contribution in [1.29, 1.82) is 0 Å². The number of benzene rings is 1. The van der Waals surface area contributed by atoms with Gasteiger partial charge in [0.2, 0.25) is 0 Å². The maximum absolute atomic E-state index is 10.7. The Kier molecular flexibility index (Phi) is 2.67. The van der Waals surface area contributed by atoms with E-state index in [9.17, 15) is 10.1 Å². The molecule has 1 heterocycles. The Morgan fingerprint density at radius 2 is 2.00 bits per heavy atom. The van der Waals surface area contributed by atoms with Crippen LogP contribution in [0, 0.1) is 30.9 Å². The molecule has 0 amide bonds. The normalized spacial score (nSPS) is 10.5. The summed E-state index contributed by atoms with van der Waals surface area (Å²) in [7, 11) is 0. The summed E-state index contributed by atoms with van der Waals surface area (Å²) < 4.78 is 1.73. The number of rotatable bonds is 2. The van der Waals surface area contributed by atoms with Gasteiger partial charge in [0, 0.05) is 17.8 Å². The number of hydrogen-bond acceptors (Lipinski definition) is 3. The highest BCUT2D eigenvalue weighted by atomic mass is 16.6. The molecule has 2 aromatic rings. The fraction of sp³-hybridized carbons (Fsp3) is 0.250. The van der Waals surface area contributed by atoms with Crippen LogP contribution in [0.3, 0.4) is 0 Å². The van der Waals surface area contributed by atoms with Gasteiger partial charge < -0.3 is 0 Å². The number of nitrogens with zero attached hydrogens (tertiary/aromatic N) is 3. The second kappa shape index (κ2) is 4.01. The molecule has 0 unspecified atom stereocenters. The van der Waals surface area contributed by atoms with Gasteiger partial charge in [-0.05, 0) is 32.4 Å². The molecule has 0 bridgehead atoms. The van der Waals surface area contributed by atoms with Crippen LogP contribution in [-0.2, 0) is 0 Å². The maximum Gasteiger partial charge on any atom is 0.271 e. The first-order valence-corrected chi connectivity index (χ1v) is 5.28. The molecule has 0 fully saturated rings. The molecular formula is C12H13N3O2. The minimum atomic E-state index is -0.401. The van der Waals surface area contributed by atoms with Gasteiger partial charge in [0.1, 0.15) is 0 Å².